The molecule has 21 heavy (non-hydrogen) atoms. The van der Waals surface area contributed by atoms with Gasteiger partial charge in [0.15, 0.2) is 0 Å². The zero-order valence-electron chi connectivity index (χ0n) is 12.1. The van der Waals surface area contributed by atoms with Crippen LogP contribution in [0.5, 0.6) is 5.75 Å². The van der Waals surface area contributed by atoms with E-state index in [0.29, 0.717) is 6.61 Å². The smallest absolute Gasteiger partial charge is 0.137 e. The highest BCUT2D eigenvalue weighted by atomic mass is 16.5. The van der Waals surface area contributed by atoms with Gasteiger partial charge in [0.2, 0.25) is 0 Å². The van der Waals surface area contributed by atoms with Gasteiger partial charge in [0.05, 0.1) is 18.4 Å². The molecule has 0 aliphatic carbocycles. The van der Waals surface area contributed by atoms with Crippen LogP contribution in [0.2, 0.25) is 0 Å². The van der Waals surface area contributed by atoms with Gasteiger partial charge < -0.3 is 9.15 Å². The van der Waals surface area contributed by atoms with Gasteiger partial charge in [-0.05, 0) is 41.8 Å². The van der Waals surface area contributed by atoms with Gasteiger partial charge in [0.1, 0.15) is 11.5 Å². The molecule has 0 N–H and O–H groups in total. The third-order valence-electron chi connectivity index (χ3n) is 3.34. The molecule has 1 heterocycles. The Balaban J connectivity index is 2.04. The van der Waals surface area contributed by atoms with E-state index in [1.807, 2.05) is 36.4 Å². The monoisotopic (exact) mass is 278 g/mol. The topological polar surface area (TPSA) is 22.4 Å². The summed E-state index contributed by atoms with van der Waals surface area (Å²) in [6, 6.07) is 20.4. The summed E-state index contributed by atoms with van der Waals surface area (Å²) < 4.78 is 11.4. The Labute approximate surface area is 125 Å². The maximum Gasteiger partial charge on any atom is 0.137 e. The van der Waals surface area contributed by atoms with Crippen molar-refractivity contribution in [1.29, 1.82) is 0 Å². The van der Waals surface area contributed by atoms with Crippen molar-refractivity contribution in [2.45, 2.75) is 13.3 Å². The van der Waals surface area contributed by atoms with Crippen LogP contribution in [0.15, 0.2) is 71.3 Å². The van der Waals surface area contributed by atoms with Crippen LogP contribution in [-0.2, 0) is 0 Å². The second kappa shape index (κ2) is 6.31. The molecule has 0 amide bonds. The third-order valence-corrected chi connectivity index (χ3v) is 3.34. The summed E-state index contributed by atoms with van der Waals surface area (Å²) >= 11 is 0. The Morgan fingerprint density at radius 1 is 0.905 bits per heavy atom. The number of hydrogen-bond acceptors (Lipinski definition) is 2. The zero-order valence-corrected chi connectivity index (χ0v) is 12.1. The maximum atomic E-state index is 5.84. The summed E-state index contributed by atoms with van der Waals surface area (Å²) in [6.07, 6.45) is 2.67. The Hall–Kier alpha value is -2.48. The van der Waals surface area contributed by atoms with E-state index in [4.69, 9.17) is 9.15 Å². The first-order chi connectivity index (χ1) is 10.4. The van der Waals surface area contributed by atoms with Crippen molar-refractivity contribution in [2.75, 3.05) is 6.61 Å². The Morgan fingerprint density at radius 3 is 2.48 bits per heavy atom. The van der Waals surface area contributed by atoms with E-state index < -0.39 is 0 Å². The summed E-state index contributed by atoms with van der Waals surface area (Å²) in [6.45, 7) is 2.81. The van der Waals surface area contributed by atoms with Crippen molar-refractivity contribution < 1.29 is 9.15 Å². The van der Waals surface area contributed by atoms with Crippen LogP contribution in [0.4, 0.5) is 0 Å². The number of benzene rings is 2. The molecule has 0 fully saturated rings. The zero-order chi connectivity index (χ0) is 14.5. The van der Waals surface area contributed by atoms with Crippen LogP contribution in [0.25, 0.3) is 22.5 Å². The molecule has 0 saturated carbocycles. The van der Waals surface area contributed by atoms with Crippen LogP contribution in [0.3, 0.4) is 0 Å². The molecule has 2 nitrogen and oxygen atoms in total. The first kappa shape index (κ1) is 13.5. The molecule has 3 rings (SSSR count). The molecule has 1 aromatic heterocycles. The van der Waals surface area contributed by atoms with Gasteiger partial charge in [-0.1, -0.05) is 43.3 Å². The van der Waals surface area contributed by atoms with Gasteiger partial charge in [-0.3, -0.25) is 0 Å². The van der Waals surface area contributed by atoms with Crippen LogP contribution >= 0.6 is 0 Å². The molecule has 0 radical (unpaired) electrons. The van der Waals surface area contributed by atoms with Crippen LogP contribution in [-0.4, -0.2) is 6.61 Å². The lowest BCUT2D eigenvalue weighted by Crippen LogP contribution is -1.97. The van der Waals surface area contributed by atoms with Crippen LogP contribution in [0, 0.1) is 0 Å². The van der Waals surface area contributed by atoms with Gasteiger partial charge in [-0.25, -0.2) is 0 Å². The Kier molecular flexibility index (Phi) is 4.06. The lowest BCUT2D eigenvalue weighted by molar-refractivity contribution is 0.318. The van der Waals surface area contributed by atoms with Crippen LogP contribution in [0.1, 0.15) is 13.3 Å². The van der Waals surface area contributed by atoms with Crippen molar-refractivity contribution in [2.24, 2.45) is 0 Å². The standard InChI is InChI=1S/C19H18O2/c1-2-12-20-19-11-10-16(15-7-4-3-5-8-15)14-17(19)18-9-6-13-21-18/h3-11,13-14H,2,12H2,1H3. The molecule has 0 aliphatic heterocycles. The van der Waals surface area contributed by atoms with Gasteiger partial charge >= 0.3 is 0 Å². The number of hydrogen-bond donors (Lipinski definition) is 0. The van der Waals surface area contributed by atoms with E-state index in [9.17, 15) is 0 Å². The van der Waals surface area contributed by atoms with E-state index in [0.717, 1.165) is 29.1 Å². The predicted molar refractivity (Wildman–Crippen MR) is 85.4 cm³/mol. The molecule has 0 atom stereocenters. The average Bonchev–Trinajstić information content (AvgIpc) is 3.08. The maximum absolute atomic E-state index is 5.84. The van der Waals surface area contributed by atoms with Crippen LogP contribution < -0.4 is 4.74 Å². The molecular formula is C19H18O2. The van der Waals surface area contributed by atoms with E-state index >= 15 is 0 Å². The lowest BCUT2D eigenvalue weighted by Gasteiger charge is -2.11. The molecule has 3 aromatic rings. The predicted octanol–water partition coefficient (Wildman–Crippen LogP) is 5.40. The Bertz CT molecular complexity index is 685. The minimum Gasteiger partial charge on any atom is -0.493 e. The molecule has 0 aliphatic rings. The van der Waals surface area contributed by atoms with Gasteiger partial charge in [-0.2, -0.15) is 0 Å². The molecule has 0 saturated heterocycles. The first-order valence-electron chi connectivity index (χ1n) is 7.24. The van der Waals surface area contributed by atoms with Crippen molar-refractivity contribution in [3.8, 4) is 28.2 Å². The summed E-state index contributed by atoms with van der Waals surface area (Å²) in [5.74, 6) is 1.70. The quantitative estimate of drug-likeness (QED) is 0.623. The minimum absolute atomic E-state index is 0.707. The fourth-order valence-corrected chi connectivity index (χ4v) is 2.30. The molecule has 106 valence electrons. The second-order valence-electron chi connectivity index (χ2n) is 4.90. The second-order valence-corrected chi connectivity index (χ2v) is 4.90. The van der Waals surface area contributed by atoms with Gasteiger partial charge in [0.25, 0.3) is 0 Å². The van der Waals surface area contributed by atoms with Crippen molar-refractivity contribution in [3.05, 3.63) is 66.9 Å². The van der Waals surface area contributed by atoms with E-state index in [2.05, 4.69) is 31.2 Å². The highest BCUT2D eigenvalue weighted by Gasteiger charge is 2.11. The largest absolute Gasteiger partial charge is 0.493 e. The van der Waals surface area contributed by atoms with Gasteiger partial charge in [0, 0.05) is 0 Å². The molecule has 2 aromatic carbocycles. The van der Waals surface area contributed by atoms with Gasteiger partial charge in [-0.15, -0.1) is 0 Å². The fourth-order valence-electron chi connectivity index (χ4n) is 2.30. The molecule has 0 unspecified atom stereocenters. The summed E-state index contributed by atoms with van der Waals surface area (Å²) in [4.78, 5) is 0. The number of furan rings is 1. The molecule has 0 spiro atoms. The number of rotatable bonds is 5. The summed E-state index contributed by atoms with van der Waals surface area (Å²) in [5.41, 5.74) is 3.34. The summed E-state index contributed by atoms with van der Waals surface area (Å²) in [7, 11) is 0. The van der Waals surface area contributed by atoms with E-state index in [-0.39, 0.29) is 0 Å². The van der Waals surface area contributed by atoms with E-state index in [1.165, 1.54) is 5.56 Å². The normalized spacial score (nSPS) is 10.5. The molecule has 2 heteroatoms. The molecular weight excluding hydrogens is 260 g/mol. The van der Waals surface area contributed by atoms with Crippen molar-refractivity contribution in [3.63, 3.8) is 0 Å². The fraction of sp³-hybridized carbons (Fsp3) is 0.158. The summed E-state index contributed by atoms with van der Waals surface area (Å²) in [5, 5.41) is 0. The van der Waals surface area contributed by atoms with Crippen molar-refractivity contribution >= 4 is 0 Å². The minimum atomic E-state index is 0.707. The molecule has 0 bridgehead atoms. The number of ether oxygens (including phenoxy) is 1. The lowest BCUT2D eigenvalue weighted by atomic mass is 10.0. The van der Waals surface area contributed by atoms with E-state index in [1.54, 1.807) is 6.26 Å². The average molecular weight is 278 g/mol. The first-order valence-corrected chi connectivity index (χ1v) is 7.24. The highest BCUT2D eigenvalue weighted by Crippen LogP contribution is 2.34. The Morgan fingerprint density at radius 2 is 1.76 bits per heavy atom. The van der Waals surface area contributed by atoms with Crippen molar-refractivity contribution in [1.82, 2.24) is 0 Å². The highest BCUT2D eigenvalue weighted by molar-refractivity contribution is 5.75. The third kappa shape index (κ3) is 3.00. The SMILES string of the molecule is CCCOc1ccc(-c2ccccc2)cc1-c1ccco1.